The summed E-state index contributed by atoms with van der Waals surface area (Å²) in [6.45, 7) is 4.19. The smallest absolute Gasteiger partial charge is 0.341 e. The van der Waals surface area contributed by atoms with E-state index in [0.29, 0.717) is 17.2 Å². The van der Waals surface area contributed by atoms with Crippen LogP contribution < -0.4 is 0 Å². The van der Waals surface area contributed by atoms with Crippen molar-refractivity contribution in [1.29, 1.82) is 0 Å². The normalized spacial score (nSPS) is 10.9. The molecule has 22 heavy (non-hydrogen) atoms. The molecule has 4 nitrogen and oxygen atoms in total. The van der Waals surface area contributed by atoms with E-state index in [1.54, 1.807) is 13.3 Å². The minimum atomic E-state index is -0.328. The highest BCUT2D eigenvalue weighted by atomic mass is 32.1. The van der Waals surface area contributed by atoms with Gasteiger partial charge in [0.25, 0.3) is 0 Å². The SMILES string of the molecule is CCOC(=O)c1c(-c2ccc(C)cc2)csc1/N=C/N(C)C. The molecule has 2 aromatic rings. The zero-order chi connectivity index (χ0) is 16.1. The van der Waals surface area contributed by atoms with E-state index in [9.17, 15) is 4.79 Å². The molecule has 1 heterocycles. The summed E-state index contributed by atoms with van der Waals surface area (Å²) >= 11 is 1.45. The molecule has 0 N–H and O–H groups in total. The van der Waals surface area contributed by atoms with Crippen molar-refractivity contribution >= 4 is 28.6 Å². The molecular weight excluding hydrogens is 296 g/mol. The Morgan fingerprint density at radius 1 is 1.32 bits per heavy atom. The van der Waals surface area contributed by atoms with Crippen LogP contribution in [-0.2, 0) is 4.74 Å². The number of hydrogen-bond acceptors (Lipinski definition) is 4. The monoisotopic (exact) mass is 316 g/mol. The average molecular weight is 316 g/mol. The van der Waals surface area contributed by atoms with Crippen LogP contribution in [0.15, 0.2) is 34.6 Å². The third kappa shape index (κ3) is 3.74. The Hall–Kier alpha value is -2.14. The summed E-state index contributed by atoms with van der Waals surface area (Å²) < 4.78 is 5.20. The Balaban J connectivity index is 2.49. The first-order valence-corrected chi connectivity index (χ1v) is 7.97. The van der Waals surface area contributed by atoms with E-state index < -0.39 is 0 Å². The molecule has 0 atom stereocenters. The minimum absolute atomic E-state index is 0.328. The van der Waals surface area contributed by atoms with Gasteiger partial charge in [-0.15, -0.1) is 11.3 Å². The third-order valence-corrected chi connectivity index (χ3v) is 3.91. The fourth-order valence-corrected chi connectivity index (χ4v) is 2.86. The number of nitrogens with zero attached hydrogens (tertiary/aromatic N) is 2. The second kappa shape index (κ2) is 7.22. The Morgan fingerprint density at radius 3 is 2.59 bits per heavy atom. The Labute approximate surface area is 135 Å². The molecule has 0 saturated carbocycles. The Kier molecular flexibility index (Phi) is 5.33. The van der Waals surface area contributed by atoms with Crippen molar-refractivity contribution < 1.29 is 9.53 Å². The van der Waals surface area contributed by atoms with Crippen molar-refractivity contribution in [2.24, 2.45) is 4.99 Å². The first-order chi connectivity index (χ1) is 10.5. The second-order valence-electron chi connectivity index (χ2n) is 5.12. The van der Waals surface area contributed by atoms with E-state index in [0.717, 1.165) is 11.1 Å². The number of benzene rings is 1. The average Bonchev–Trinajstić information content (AvgIpc) is 2.90. The molecule has 1 aromatic carbocycles. The predicted octanol–water partition coefficient (Wildman–Crippen LogP) is 4.12. The number of ether oxygens (including phenoxy) is 1. The highest BCUT2D eigenvalue weighted by Gasteiger charge is 2.21. The third-order valence-electron chi connectivity index (χ3n) is 3.02. The minimum Gasteiger partial charge on any atom is -0.462 e. The van der Waals surface area contributed by atoms with Crippen LogP contribution in [0, 0.1) is 6.92 Å². The lowest BCUT2D eigenvalue weighted by Gasteiger charge is -2.07. The second-order valence-corrected chi connectivity index (χ2v) is 5.98. The van der Waals surface area contributed by atoms with Gasteiger partial charge in [0.05, 0.1) is 12.9 Å². The standard InChI is InChI=1S/C17H20N2O2S/c1-5-21-17(20)15-14(13-8-6-12(2)7-9-13)10-22-16(15)18-11-19(3)4/h6-11H,5H2,1-4H3/b18-11+. The summed E-state index contributed by atoms with van der Waals surface area (Å²) in [5, 5.41) is 2.63. The van der Waals surface area contributed by atoms with Crippen LogP contribution in [-0.4, -0.2) is 37.9 Å². The number of carbonyl (C=O) groups is 1. The topological polar surface area (TPSA) is 41.9 Å². The largest absolute Gasteiger partial charge is 0.462 e. The fraction of sp³-hybridized carbons (Fsp3) is 0.294. The first-order valence-electron chi connectivity index (χ1n) is 7.09. The van der Waals surface area contributed by atoms with Gasteiger partial charge in [-0.25, -0.2) is 9.79 Å². The zero-order valence-electron chi connectivity index (χ0n) is 13.3. The Morgan fingerprint density at radius 2 is 2.00 bits per heavy atom. The van der Waals surface area contributed by atoms with Crippen LogP contribution in [0.2, 0.25) is 0 Å². The van der Waals surface area contributed by atoms with Gasteiger partial charge in [-0.3, -0.25) is 0 Å². The molecule has 0 unspecified atom stereocenters. The zero-order valence-corrected chi connectivity index (χ0v) is 14.1. The molecule has 0 spiro atoms. The molecule has 0 aliphatic carbocycles. The first kappa shape index (κ1) is 16.2. The predicted molar refractivity (Wildman–Crippen MR) is 92.3 cm³/mol. The number of rotatable bonds is 5. The maximum atomic E-state index is 12.3. The molecule has 116 valence electrons. The molecule has 0 radical (unpaired) electrons. The number of hydrogen-bond donors (Lipinski definition) is 0. The van der Waals surface area contributed by atoms with Gasteiger partial charge in [0, 0.05) is 25.0 Å². The van der Waals surface area contributed by atoms with Crippen molar-refractivity contribution in [2.45, 2.75) is 13.8 Å². The van der Waals surface area contributed by atoms with E-state index in [2.05, 4.69) is 4.99 Å². The lowest BCUT2D eigenvalue weighted by molar-refractivity contribution is 0.0529. The van der Waals surface area contributed by atoms with Crippen molar-refractivity contribution in [3.05, 3.63) is 40.8 Å². The molecule has 0 fully saturated rings. The molecule has 2 rings (SSSR count). The lowest BCUT2D eigenvalue weighted by Crippen LogP contribution is -2.08. The van der Waals surface area contributed by atoms with E-state index in [1.807, 2.05) is 55.6 Å². The summed E-state index contributed by atoms with van der Waals surface area (Å²) in [5.74, 6) is -0.328. The number of esters is 1. The molecule has 5 heteroatoms. The maximum Gasteiger partial charge on any atom is 0.341 e. The highest BCUT2D eigenvalue weighted by Crippen LogP contribution is 2.38. The summed E-state index contributed by atoms with van der Waals surface area (Å²) in [7, 11) is 3.78. The molecule has 0 amide bonds. The molecular formula is C17H20N2O2S. The summed E-state index contributed by atoms with van der Waals surface area (Å²) in [5.41, 5.74) is 3.59. The van der Waals surface area contributed by atoms with Gasteiger partial charge in [0.2, 0.25) is 0 Å². The summed E-state index contributed by atoms with van der Waals surface area (Å²) in [4.78, 5) is 18.6. The van der Waals surface area contributed by atoms with Crippen molar-refractivity contribution in [2.75, 3.05) is 20.7 Å². The highest BCUT2D eigenvalue weighted by molar-refractivity contribution is 7.14. The van der Waals surface area contributed by atoms with Gasteiger partial charge >= 0.3 is 5.97 Å². The lowest BCUT2D eigenvalue weighted by atomic mass is 10.0. The number of carbonyl (C=O) groups excluding carboxylic acids is 1. The van der Waals surface area contributed by atoms with Crippen molar-refractivity contribution in [1.82, 2.24) is 4.90 Å². The molecule has 0 aliphatic rings. The van der Waals surface area contributed by atoms with Crippen molar-refractivity contribution in [3.63, 3.8) is 0 Å². The molecule has 0 saturated heterocycles. The van der Waals surface area contributed by atoms with Crippen LogP contribution >= 0.6 is 11.3 Å². The quantitative estimate of drug-likeness (QED) is 0.473. The summed E-state index contributed by atoms with van der Waals surface area (Å²) in [6.07, 6.45) is 1.69. The van der Waals surface area contributed by atoms with Crippen LogP contribution in [0.5, 0.6) is 0 Å². The van der Waals surface area contributed by atoms with E-state index in [1.165, 1.54) is 16.9 Å². The molecule has 0 bridgehead atoms. The Bertz CT molecular complexity index is 672. The van der Waals surface area contributed by atoms with Crippen LogP contribution in [0.4, 0.5) is 5.00 Å². The molecule has 1 aromatic heterocycles. The van der Waals surface area contributed by atoms with Crippen molar-refractivity contribution in [3.8, 4) is 11.1 Å². The van der Waals surface area contributed by atoms with Gasteiger partial charge in [0.1, 0.15) is 10.6 Å². The van der Waals surface area contributed by atoms with Crippen LogP contribution in [0.3, 0.4) is 0 Å². The van der Waals surface area contributed by atoms with Gasteiger partial charge in [0.15, 0.2) is 0 Å². The van der Waals surface area contributed by atoms with E-state index in [4.69, 9.17) is 4.74 Å². The maximum absolute atomic E-state index is 12.3. The van der Waals surface area contributed by atoms with E-state index in [-0.39, 0.29) is 5.97 Å². The van der Waals surface area contributed by atoms with Gasteiger partial charge in [-0.2, -0.15) is 0 Å². The fourth-order valence-electron chi connectivity index (χ4n) is 1.96. The van der Waals surface area contributed by atoms with E-state index >= 15 is 0 Å². The number of aliphatic imine (C=N–C) groups is 1. The van der Waals surface area contributed by atoms with Gasteiger partial charge in [-0.1, -0.05) is 29.8 Å². The summed E-state index contributed by atoms with van der Waals surface area (Å²) in [6, 6.07) is 8.09. The van der Waals surface area contributed by atoms with Gasteiger partial charge < -0.3 is 9.64 Å². The molecule has 0 aliphatic heterocycles. The van der Waals surface area contributed by atoms with Gasteiger partial charge in [-0.05, 0) is 19.4 Å². The van der Waals surface area contributed by atoms with Crippen LogP contribution in [0.1, 0.15) is 22.8 Å². The van der Waals surface area contributed by atoms with Crippen LogP contribution in [0.25, 0.3) is 11.1 Å². The number of thiophene rings is 1. The number of aryl methyl sites for hydroxylation is 1.